The summed E-state index contributed by atoms with van der Waals surface area (Å²) in [5.41, 5.74) is 1.17. The molecule has 0 saturated heterocycles. The highest BCUT2D eigenvalue weighted by Crippen LogP contribution is 2.25. The number of hydrogen-bond acceptors (Lipinski definition) is 3. The Balaban J connectivity index is 2.62. The highest BCUT2D eigenvalue weighted by Gasteiger charge is 2.14. The van der Waals surface area contributed by atoms with Gasteiger partial charge in [-0.3, -0.25) is 0 Å². The van der Waals surface area contributed by atoms with Gasteiger partial charge in [-0.15, -0.1) is 0 Å². The van der Waals surface area contributed by atoms with Crippen LogP contribution < -0.4 is 10.1 Å². The Labute approximate surface area is 110 Å². The summed E-state index contributed by atoms with van der Waals surface area (Å²) in [5, 5.41) is 3.29. The van der Waals surface area contributed by atoms with E-state index in [0.717, 1.165) is 18.8 Å². The molecule has 0 amide bonds. The highest BCUT2D eigenvalue weighted by atomic mass is 16.5. The first-order valence-corrected chi connectivity index (χ1v) is 6.80. The molecule has 0 saturated carbocycles. The van der Waals surface area contributed by atoms with E-state index >= 15 is 0 Å². The van der Waals surface area contributed by atoms with Crippen LogP contribution in [0.4, 0.5) is 0 Å². The van der Waals surface area contributed by atoms with E-state index in [1.54, 1.807) is 0 Å². The fourth-order valence-corrected chi connectivity index (χ4v) is 1.83. The van der Waals surface area contributed by atoms with Gasteiger partial charge >= 0.3 is 0 Å². The van der Waals surface area contributed by atoms with Gasteiger partial charge in [0.1, 0.15) is 5.75 Å². The topological polar surface area (TPSA) is 30.5 Å². The van der Waals surface area contributed by atoms with E-state index in [9.17, 15) is 0 Å². The van der Waals surface area contributed by atoms with Crippen molar-refractivity contribution < 1.29 is 9.47 Å². The van der Waals surface area contributed by atoms with Gasteiger partial charge in [-0.25, -0.2) is 0 Å². The Morgan fingerprint density at radius 3 is 2.67 bits per heavy atom. The Hall–Kier alpha value is -1.06. The van der Waals surface area contributed by atoms with Crippen LogP contribution in [0.5, 0.6) is 5.75 Å². The molecule has 0 fully saturated rings. The zero-order chi connectivity index (χ0) is 13.2. The molecule has 0 bridgehead atoms. The third-order valence-corrected chi connectivity index (χ3v) is 2.87. The summed E-state index contributed by atoms with van der Waals surface area (Å²) in [6, 6.07) is 8.32. The second-order valence-electron chi connectivity index (χ2n) is 4.24. The minimum Gasteiger partial charge on any atom is -0.494 e. The lowest BCUT2D eigenvalue weighted by Crippen LogP contribution is -2.22. The van der Waals surface area contributed by atoms with Gasteiger partial charge in [0.05, 0.1) is 19.3 Å². The van der Waals surface area contributed by atoms with E-state index in [4.69, 9.17) is 9.47 Å². The van der Waals surface area contributed by atoms with Gasteiger partial charge < -0.3 is 14.8 Å². The molecule has 3 heteroatoms. The molecule has 1 N–H and O–H groups in total. The first kappa shape index (κ1) is 15.0. The van der Waals surface area contributed by atoms with Crippen LogP contribution in [0.2, 0.25) is 0 Å². The Kier molecular flexibility index (Phi) is 7.46. The van der Waals surface area contributed by atoms with E-state index in [0.29, 0.717) is 13.2 Å². The van der Waals surface area contributed by atoms with Gasteiger partial charge in [0, 0.05) is 12.2 Å². The molecule has 0 aliphatic carbocycles. The van der Waals surface area contributed by atoms with Crippen molar-refractivity contribution in [3.8, 4) is 5.75 Å². The zero-order valence-electron chi connectivity index (χ0n) is 11.7. The average Bonchev–Trinajstić information content (AvgIpc) is 2.41. The van der Waals surface area contributed by atoms with Crippen LogP contribution in [0, 0.1) is 0 Å². The van der Waals surface area contributed by atoms with Crippen molar-refractivity contribution in [2.24, 2.45) is 0 Å². The molecule has 0 aromatic heterocycles. The molecule has 0 aliphatic rings. The third kappa shape index (κ3) is 4.67. The lowest BCUT2D eigenvalue weighted by Gasteiger charge is -2.20. The number of ether oxygens (including phenoxy) is 2. The van der Waals surface area contributed by atoms with Crippen molar-refractivity contribution in [1.82, 2.24) is 5.32 Å². The Morgan fingerprint density at radius 1 is 1.22 bits per heavy atom. The standard InChI is InChI=1S/C15H25NO2/c1-4-6-11-17-12-14(16-3)13-9-7-8-10-15(13)18-5-2/h7-10,14,16H,4-6,11-12H2,1-3H3. The number of likely N-dealkylation sites (N-methyl/N-ethyl adjacent to an activating group) is 1. The molecule has 0 radical (unpaired) electrons. The molecule has 1 aromatic carbocycles. The summed E-state index contributed by atoms with van der Waals surface area (Å²) in [7, 11) is 1.95. The summed E-state index contributed by atoms with van der Waals surface area (Å²) >= 11 is 0. The molecular formula is C15H25NO2. The van der Waals surface area contributed by atoms with Crippen LogP contribution in [0.1, 0.15) is 38.3 Å². The Bertz CT molecular complexity index is 328. The summed E-state index contributed by atoms with van der Waals surface area (Å²) in [6.45, 7) is 6.36. The summed E-state index contributed by atoms with van der Waals surface area (Å²) in [4.78, 5) is 0. The first-order valence-electron chi connectivity index (χ1n) is 6.80. The molecule has 0 heterocycles. The number of unbranched alkanes of at least 4 members (excludes halogenated alkanes) is 1. The minimum atomic E-state index is 0.185. The lowest BCUT2D eigenvalue weighted by atomic mass is 10.1. The number of para-hydroxylation sites is 1. The molecular weight excluding hydrogens is 226 g/mol. The molecule has 18 heavy (non-hydrogen) atoms. The largest absolute Gasteiger partial charge is 0.494 e. The predicted octanol–water partition coefficient (Wildman–Crippen LogP) is 3.16. The van der Waals surface area contributed by atoms with Crippen molar-refractivity contribution in [2.45, 2.75) is 32.7 Å². The van der Waals surface area contributed by atoms with Crippen molar-refractivity contribution in [3.05, 3.63) is 29.8 Å². The predicted molar refractivity (Wildman–Crippen MR) is 75.1 cm³/mol. The quantitative estimate of drug-likeness (QED) is 0.684. The second-order valence-corrected chi connectivity index (χ2v) is 4.24. The van der Waals surface area contributed by atoms with Crippen LogP contribution in [-0.2, 0) is 4.74 Å². The van der Waals surface area contributed by atoms with Crippen molar-refractivity contribution >= 4 is 0 Å². The van der Waals surface area contributed by atoms with Crippen molar-refractivity contribution in [3.63, 3.8) is 0 Å². The maximum atomic E-state index is 5.70. The van der Waals surface area contributed by atoms with Gasteiger partial charge in [0.25, 0.3) is 0 Å². The molecule has 102 valence electrons. The van der Waals surface area contributed by atoms with Crippen LogP contribution in [-0.4, -0.2) is 26.9 Å². The SMILES string of the molecule is CCCCOCC(NC)c1ccccc1OCC. The number of nitrogens with one attached hydrogen (secondary N) is 1. The third-order valence-electron chi connectivity index (χ3n) is 2.87. The van der Waals surface area contributed by atoms with Crippen LogP contribution in [0.25, 0.3) is 0 Å². The fourth-order valence-electron chi connectivity index (χ4n) is 1.83. The summed E-state index contributed by atoms with van der Waals surface area (Å²) < 4.78 is 11.3. The van der Waals surface area contributed by atoms with E-state index in [2.05, 4.69) is 18.3 Å². The summed E-state index contributed by atoms with van der Waals surface area (Å²) in [5.74, 6) is 0.943. The van der Waals surface area contributed by atoms with Crippen LogP contribution in [0.15, 0.2) is 24.3 Å². The lowest BCUT2D eigenvalue weighted by molar-refractivity contribution is 0.110. The van der Waals surface area contributed by atoms with Crippen LogP contribution >= 0.6 is 0 Å². The molecule has 1 aromatic rings. The number of rotatable bonds is 9. The normalized spacial score (nSPS) is 12.4. The minimum absolute atomic E-state index is 0.185. The average molecular weight is 251 g/mol. The van der Waals surface area contributed by atoms with E-state index in [1.807, 2.05) is 32.2 Å². The molecule has 1 rings (SSSR count). The monoisotopic (exact) mass is 251 g/mol. The maximum absolute atomic E-state index is 5.70. The zero-order valence-corrected chi connectivity index (χ0v) is 11.7. The van der Waals surface area contributed by atoms with Crippen molar-refractivity contribution in [2.75, 3.05) is 26.9 Å². The number of hydrogen-bond donors (Lipinski definition) is 1. The van der Waals surface area contributed by atoms with Gasteiger partial charge in [-0.05, 0) is 26.5 Å². The summed E-state index contributed by atoms with van der Waals surface area (Å²) in [6.07, 6.45) is 2.28. The Morgan fingerprint density at radius 2 is 2.00 bits per heavy atom. The second kappa shape index (κ2) is 8.95. The van der Waals surface area contributed by atoms with Gasteiger partial charge in [-0.1, -0.05) is 31.5 Å². The van der Waals surface area contributed by atoms with E-state index in [1.165, 1.54) is 12.0 Å². The number of benzene rings is 1. The maximum Gasteiger partial charge on any atom is 0.124 e. The fraction of sp³-hybridized carbons (Fsp3) is 0.600. The first-order chi connectivity index (χ1) is 8.83. The van der Waals surface area contributed by atoms with Gasteiger partial charge in [0.2, 0.25) is 0 Å². The smallest absolute Gasteiger partial charge is 0.124 e. The van der Waals surface area contributed by atoms with E-state index in [-0.39, 0.29) is 6.04 Å². The van der Waals surface area contributed by atoms with Gasteiger partial charge in [-0.2, -0.15) is 0 Å². The van der Waals surface area contributed by atoms with Crippen molar-refractivity contribution in [1.29, 1.82) is 0 Å². The molecule has 1 atom stereocenters. The molecule has 1 unspecified atom stereocenters. The molecule has 0 spiro atoms. The van der Waals surface area contributed by atoms with Crippen LogP contribution in [0.3, 0.4) is 0 Å². The molecule has 0 aliphatic heterocycles. The highest BCUT2D eigenvalue weighted by molar-refractivity contribution is 5.36. The van der Waals surface area contributed by atoms with Gasteiger partial charge in [0.15, 0.2) is 0 Å². The molecule has 3 nitrogen and oxygen atoms in total. The van der Waals surface area contributed by atoms with E-state index < -0.39 is 0 Å².